The Morgan fingerprint density at radius 3 is 0.800 bits per heavy atom. The van der Waals surface area contributed by atoms with Gasteiger partial charge >= 0.3 is 39.5 Å². The first-order valence-corrected chi connectivity index (χ1v) is 37.5. The highest BCUT2D eigenvalue weighted by Gasteiger charge is 2.30. The van der Waals surface area contributed by atoms with E-state index in [1.165, 1.54) is 141 Å². The van der Waals surface area contributed by atoms with Crippen LogP contribution in [0.3, 0.4) is 0 Å². The van der Waals surface area contributed by atoms with Crippen LogP contribution in [0, 0.1) is 11.8 Å². The van der Waals surface area contributed by atoms with E-state index >= 15 is 0 Å². The monoisotopic (exact) mass is 1250 g/mol. The van der Waals surface area contributed by atoms with Crippen molar-refractivity contribution in [1.29, 1.82) is 0 Å². The standard InChI is InChI=1S/C66H128O17P2/c1-7-9-11-13-15-17-19-21-23-25-31-38-44-50-65(70)82-61(54-76-63(68)48-42-36-30-24-22-20-18-16-14-12-10-8-2)56-80-84(72,73)78-52-60(67)53-79-85(74,75)81-57-62(83-66(71)51-45-39-33-27-29-35-41-47-59(5)6)55-77-64(69)49-43-37-32-26-28-34-40-46-58(3)4/h58-62,67H,7-57H2,1-6H3,(H,72,73)(H,74,75)/t60-,61-,62-/m1/s1. The fourth-order valence-corrected chi connectivity index (χ4v) is 11.5. The van der Waals surface area contributed by atoms with Crippen molar-refractivity contribution in [2.75, 3.05) is 39.6 Å². The van der Waals surface area contributed by atoms with Crippen molar-refractivity contribution in [3.63, 3.8) is 0 Å². The molecule has 2 unspecified atom stereocenters. The molecule has 0 rings (SSSR count). The van der Waals surface area contributed by atoms with Crippen LogP contribution in [0.15, 0.2) is 0 Å². The summed E-state index contributed by atoms with van der Waals surface area (Å²) in [7, 11) is -9.89. The van der Waals surface area contributed by atoms with Gasteiger partial charge in [-0.25, -0.2) is 9.13 Å². The summed E-state index contributed by atoms with van der Waals surface area (Å²) in [5, 5.41) is 10.5. The molecule has 5 atom stereocenters. The van der Waals surface area contributed by atoms with Crippen LogP contribution in [-0.4, -0.2) is 96.7 Å². The van der Waals surface area contributed by atoms with Gasteiger partial charge in [-0.1, -0.05) is 279 Å². The molecule has 504 valence electrons. The van der Waals surface area contributed by atoms with Gasteiger partial charge in [0, 0.05) is 25.7 Å². The average molecular weight is 1260 g/mol. The van der Waals surface area contributed by atoms with Gasteiger partial charge in [-0.15, -0.1) is 0 Å². The predicted molar refractivity (Wildman–Crippen MR) is 340 cm³/mol. The van der Waals surface area contributed by atoms with E-state index in [4.69, 9.17) is 37.0 Å². The number of carbonyl (C=O) groups excluding carboxylic acids is 4. The quantitative estimate of drug-likeness (QED) is 0.0222. The second-order valence-electron chi connectivity index (χ2n) is 24.8. The van der Waals surface area contributed by atoms with Crippen molar-refractivity contribution in [3.05, 3.63) is 0 Å². The van der Waals surface area contributed by atoms with Gasteiger partial charge in [0.1, 0.15) is 19.3 Å². The molecule has 0 saturated heterocycles. The molecule has 0 aromatic rings. The highest BCUT2D eigenvalue weighted by atomic mass is 31.2. The van der Waals surface area contributed by atoms with Crippen molar-refractivity contribution >= 4 is 39.5 Å². The first kappa shape index (κ1) is 83.1. The van der Waals surface area contributed by atoms with Crippen molar-refractivity contribution in [2.24, 2.45) is 11.8 Å². The van der Waals surface area contributed by atoms with Crippen LogP contribution in [0.2, 0.25) is 0 Å². The molecule has 17 nitrogen and oxygen atoms in total. The lowest BCUT2D eigenvalue weighted by Gasteiger charge is -2.21. The third kappa shape index (κ3) is 60.7. The number of unbranched alkanes of at least 4 members (excludes halogenated alkanes) is 35. The Bertz CT molecular complexity index is 1670. The Kier molecular flexibility index (Phi) is 57.1. The number of phosphoric acid groups is 2. The van der Waals surface area contributed by atoms with E-state index in [1.807, 2.05) is 0 Å². The van der Waals surface area contributed by atoms with Crippen LogP contribution in [0.25, 0.3) is 0 Å². The van der Waals surface area contributed by atoms with Crippen molar-refractivity contribution < 1.29 is 80.2 Å². The zero-order valence-corrected chi connectivity index (χ0v) is 56.7. The summed E-state index contributed by atoms with van der Waals surface area (Å²) in [6, 6.07) is 0. The van der Waals surface area contributed by atoms with Gasteiger partial charge in [0.15, 0.2) is 12.2 Å². The minimum Gasteiger partial charge on any atom is -0.462 e. The van der Waals surface area contributed by atoms with E-state index in [-0.39, 0.29) is 25.7 Å². The van der Waals surface area contributed by atoms with Crippen molar-refractivity contribution in [3.8, 4) is 0 Å². The molecule has 0 aromatic heterocycles. The van der Waals surface area contributed by atoms with Crippen LogP contribution < -0.4 is 0 Å². The number of aliphatic hydroxyl groups is 1. The maximum atomic E-state index is 13.0. The Hall–Kier alpha value is -1.94. The molecule has 0 aromatic carbocycles. The van der Waals surface area contributed by atoms with Crippen molar-refractivity contribution in [1.82, 2.24) is 0 Å². The van der Waals surface area contributed by atoms with Crippen LogP contribution >= 0.6 is 15.6 Å². The SMILES string of the molecule is CCCCCCCCCCCCCCCC(=O)O[C@H](COC(=O)CCCCCCCCCCCCCC)COP(=O)(O)OC[C@@H](O)COP(=O)(O)OC[C@@H](COC(=O)CCCCCCCCCC(C)C)OC(=O)CCCCCCCCCC(C)C. The molecule has 0 amide bonds. The molecule has 0 aliphatic heterocycles. The van der Waals surface area contributed by atoms with Gasteiger partial charge in [-0.3, -0.25) is 37.3 Å². The zero-order chi connectivity index (χ0) is 62.9. The van der Waals surface area contributed by atoms with Gasteiger partial charge < -0.3 is 33.8 Å². The summed E-state index contributed by atoms with van der Waals surface area (Å²) in [6.07, 6.45) is 41.7. The molecule has 19 heteroatoms. The van der Waals surface area contributed by atoms with E-state index in [9.17, 15) is 43.2 Å². The normalized spacial score (nSPS) is 14.2. The molecule has 0 fully saturated rings. The summed E-state index contributed by atoms with van der Waals surface area (Å²) < 4.78 is 68.1. The topological polar surface area (TPSA) is 237 Å². The number of esters is 4. The Morgan fingerprint density at radius 2 is 0.541 bits per heavy atom. The summed E-state index contributed by atoms with van der Waals surface area (Å²) in [6.45, 7) is 9.40. The second kappa shape index (κ2) is 58.4. The highest BCUT2D eigenvalue weighted by molar-refractivity contribution is 7.47. The van der Waals surface area contributed by atoms with Crippen LogP contribution in [0.5, 0.6) is 0 Å². The average Bonchev–Trinajstić information content (AvgIpc) is 3.55. The number of carbonyl (C=O) groups is 4. The number of rotatable bonds is 65. The zero-order valence-electron chi connectivity index (χ0n) is 54.9. The molecule has 3 N–H and O–H groups in total. The molecular weight excluding hydrogens is 1130 g/mol. The fourth-order valence-electron chi connectivity index (χ4n) is 9.88. The Balaban J connectivity index is 5.24. The molecule has 0 saturated carbocycles. The summed E-state index contributed by atoms with van der Waals surface area (Å²) in [4.78, 5) is 72.3. The smallest absolute Gasteiger partial charge is 0.462 e. The summed E-state index contributed by atoms with van der Waals surface area (Å²) >= 11 is 0. The van der Waals surface area contributed by atoms with E-state index in [2.05, 4.69) is 41.5 Å². The predicted octanol–water partition coefficient (Wildman–Crippen LogP) is 18.4. The number of hydrogen-bond acceptors (Lipinski definition) is 15. The van der Waals surface area contributed by atoms with E-state index in [0.29, 0.717) is 37.5 Å². The largest absolute Gasteiger partial charge is 0.472 e. The number of aliphatic hydroxyl groups excluding tert-OH is 1. The molecule has 0 spiro atoms. The number of hydrogen-bond donors (Lipinski definition) is 3. The third-order valence-corrected chi connectivity index (χ3v) is 17.1. The molecule has 0 heterocycles. The Morgan fingerprint density at radius 1 is 0.318 bits per heavy atom. The van der Waals surface area contributed by atoms with Gasteiger partial charge in [0.05, 0.1) is 26.4 Å². The van der Waals surface area contributed by atoms with Crippen molar-refractivity contribution in [2.45, 2.75) is 349 Å². The third-order valence-electron chi connectivity index (χ3n) is 15.2. The lowest BCUT2D eigenvalue weighted by atomic mass is 10.0. The lowest BCUT2D eigenvalue weighted by Crippen LogP contribution is -2.30. The van der Waals surface area contributed by atoms with Gasteiger partial charge in [0.2, 0.25) is 0 Å². The van der Waals surface area contributed by atoms with Crippen LogP contribution in [0.4, 0.5) is 0 Å². The molecule has 0 radical (unpaired) electrons. The van der Waals surface area contributed by atoms with Gasteiger partial charge in [-0.05, 0) is 37.5 Å². The maximum absolute atomic E-state index is 13.0. The minimum atomic E-state index is -4.95. The summed E-state index contributed by atoms with van der Waals surface area (Å²) in [5.41, 5.74) is 0. The second-order valence-corrected chi connectivity index (χ2v) is 27.7. The lowest BCUT2D eigenvalue weighted by molar-refractivity contribution is -0.161. The molecule has 0 bridgehead atoms. The summed E-state index contributed by atoms with van der Waals surface area (Å²) in [5.74, 6) is -0.731. The number of ether oxygens (including phenoxy) is 4. The van der Waals surface area contributed by atoms with Gasteiger partial charge in [0.25, 0.3) is 0 Å². The fraction of sp³-hybridized carbons (Fsp3) is 0.939. The molecule has 0 aliphatic carbocycles. The number of phosphoric ester groups is 2. The minimum absolute atomic E-state index is 0.103. The van der Waals surface area contributed by atoms with E-state index in [1.54, 1.807) is 0 Å². The van der Waals surface area contributed by atoms with Crippen LogP contribution in [-0.2, 0) is 65.4 Å². The molecule has 85 heavy (non-hydrogen) atoms. The molecule has 0 aliphatic rings. The van der Waals surface area contributed by atoms with Gasteiger partial charge in [-0.2, -0.15) is 0 Å². The highest BCUT2D eigenvalue weighted by Crippen LogP contribution is 2.45. The first-order valence-electron chi connectivity index (χ1n) is 34.5. The molecular formula is C66H128O17P2. The first-order chi connectivity index (χ1) is 40.9. The van der Waals surface area contributed by atoms with Crippen LogP contribution in [0.1, 0.15) is 330 Å². The van der Waals surface area contributed by atoms with E-state index < -0.39 is 97.5 Å². The maximum Gasteiger partial charge on any atom is 0.472 e. The van der Waals surface area contributed by atoms with E-state index in [0.717, 1.165) is 96.3 Å². The Labute approximate surface area is 517 Å².